The first-order chi connectivity index (χ1) is 25.3. The van der Waals surface area contributed by atoms with Crippen LogP contribution in [0.1, 0.15) is 47.5 Å². The summed E-state index contributed by atoms with van der Waals surface area (Å²) >= 11 is 6.40. The Kier molecular flexibility index (Phi) is 10.8. The lowest BCUT2D eigenvalue weighted by atomic mass is 9.91. The third kappa shape index (κ3) is 8.27. The lowest BCUT2D eigenvalue weighted by Gasteiger charge is -2.40. The molecule has 2 aromatic heterocycles. The minimum atomic E-state index is -0.302. The molecule has 0 bridgehead atoms. The van der Waals surface area contributed by atoms with Gasteiger partial charge in [0.15, 0.2) is 5.82 Å². The summed E-state index contributed by atoms with van der Waals surface area (Å²) in [6.45, 7) is 7.06. The fraction of sp³-hybridized carbons (Fsp3) is 0.368. The maximum atomic E-state index is 12.3. The molecule has 3 saturated heterocycles. The number of carbonyl (C=O) groups excluding carboxylic acids is 3. The van der Waals surface area contributed by atoms with Gasteiger partial charge in [-0.05, 0) is 73.2 Å². The monoisotopic (exact) mass is 722 g/mol. The quantitative estimate of drug-likeness (QED) is 0.165. The number of piperidine rings is 2. The normalized spacial score (nSPS) is 18.5. The van der Waals surface area contributed by atoms with Crippen molar-refractivity contribution in [1.29, 1.82) is 0 Å². The number of amides is 3. The van der Waals surface area contributed by atoms with Crippen LogP contribution in [0.5, 0.6) is 0 Å². The van der Waals surface area contributed by atoms with Crippen molar-refractivity contribution in [2.24, 2.45) is 5.92 Å². The Bertz CT molecular complexity index is 1890. The molecular weight excluding hydrogens is 680 g/mol. The van der Waals surface area contributed by atoms with Crippen molar-refractivity contribution in [3.63, 3.8) is 0 Å². The number of rotatable bonds is 10. The highest BCUT2D eigenvalue weighted by Crippen LogP contribution is 2.30. The Labute approximate surface area is 308 Å². The molecule has 4 N–H and O–H groups in total. The number of halogens is 1. The molecule has 270 valence electrons. The van der Waals surface area contributed by atoms with Gasteiger partial charge in [0.2, 0.25) is 17.8 Å². The fourth-order valence-corrected chi connectivity index (χ4v) is 7.29. The molecule has 0 radical (unpaired) electrons. The van der Waals surface area contributed by atoms with Crippen LogP contribution in [0.4, 0.5) is 34.6 Å². The van der Waals surface area contributed by atoms with Gasteiger partial charge in [0.1, 0.15) is 10.8 Å². The summed E-state index contributed by atoms with van der Waals surface area (Å²) in [7, 11) is 1.59. The van der Waals surface area contributed by atoms with Crippen LogP contribution in [-0.4, -0.2) is 90.4 Å². The number of piperazine rings is 1. The summed E-state index contributed by atoms with van der Waals surface area (Å²) in [6, 6.07) is 19.5. The molecule has 5 heterocycles. The minimum Gasteiger partial charge on any atom is -0.369 e. The average Bonchev–Trinajstić information content (AvgIpc) is 3.17. The number of para-hydroxylation sites is 1. The molecule has 2 aromatic carbocycles. The molecule has 4 aromatic rings. The molecule has 3 aliphatic rings. The molecular formula is C38H43ClN10O3. The number of carbonyl (C=O) groups is 3. The molecule has 0 aliphatic carbocycles. The van der Waals surface area contributed by atoms with Gasteiger partial charge in [0, 0.05) is 76.9 Å². The number of pyridine rings is 1. The third-order valence-electron chi connectivity index (χ3n) is 10.1. The fourth-order valence-electron chi connectivity index (χ4n) is 7.15. The van der Waals surface area contributed by atoms with Crippen LogP contribution in [0.3, 0.4) is 0 Å². The summed E-state index contributed by atoms with van der Waals surface area (Å²) in [5.74, 6) is 1.45. The molecule has 1 unspecified atom stereocenters. The van der Waals surface area contributed by atoms with Crippen molar-refractivity contribution in [3.8, 4) is 0 Å². The van der Waals surface area contributed by atoms with E-state index in [1.54, 1.807) is 31.4 Å². The van der Waals surface area contributed by atoms with Crippen molar-refractivity contribution >= 4 is 64.0 Å². The maximum absolute atomic E-state index is 12.3. The van der Waals surface area contributed by atoms with Crippen molar-refractivity contribution in [1.82, 2.24) is 30.5 Å². The van der Waals surface area contributed by atoms with E-state index in [2.05, 4.69) is 63.1 Å². The van der Waals surface area contributed by atoms with Gasteiger partial charge in [0.25, 0.3) is 5.91 Å². The van der Waals surface area contributed by atoms with Crippen LogP contribution in [0.2, 0.25) is 5.02 Å². The Hall–Kier alpha value is -5.27. The number of hydrogen-bond acceptors (Lipinski definition) is 11. The van der Waals surface area contributed by atoms with Crippen LogP contribution >= 0.6 is 11.6 Å². The van der Waals surface area contributed by atoms with Crippen molar-refractivity contribution in [2.45, 2.75) is 31.6 Å². The molecule has 7 rings (SSSR count). The highest BCUT2D eigenvalue weighted by Gasteiger charge is 2.29. The van der Waals surface area contributed by atoms with Crippen molar-refractivity contribution in [3.05, 3.63) is 89.2 Å². The van der Waals surface area contributed by atoms with E-state index in [0.29, 0.717) is 46.8 Å². The van der Waals surface area contributed by atoms with E-state index in [0.717, 1.165) is 75.7 Å². The number of anilines is 6. The number of imide groups is 1. The zero-order valence-corrected chi connectivity index (χ0v) is 29.9. The molecule has 14 heteroatoms. The minimum absolute atomic E-state index is 0.198. The first-order valence-electron chi connectivity index (χ1n) is 17.8. The summed E-state index contributed by atoms with van der Waals surface area (Å²) in [6.07, 6.45) is 6.49. The SMILES string of the molecule is CNC(=O)c1ccccc1Nc1nc(Nc2ccc(N3CCN(CC4CCN(c5ccc(C6CCC(=O)NC6=O)cn5)CC4)CC3)cc2)ncc1Cl. The molecule has 3 aliphatic heterocycles. The smallest absolute Gasteiger partial charge is 0.253 e. The van der Waals surface area contributed by atoms with E-state index in [9.17, 15) is 14.4 Å². The second-order valence-corrected chi connectivity index (χ2v) is 13.9. The highest BCUT2D eigenvalue weighted by molar-refractivity contribution is 6.33. The molecule has 1 atom stereocenters. The lowest BCUT2D eigenvalue weighted by molar-refractivity contribution is -0.134. The van der Waals surface area contributed by atoms with E-state index in [1.807, 2.05) is 30.3 Å². The van der Waals surface area contributed by atoms with Gasteiger partial charge < -0.3 is 25.8 Å². The zero-order valence-electron chi connectivity index (χ0n) is 29.1. The Balaban J connectivity index is 0.861. The standard InChI is InChI=1S/C38H43ClN10O3/c1-40-36(51)30-4-2-3-5-32(30)44-35-31(39)23-42-38(46-35)43-27-7-9-28(10-8-27)48-20-18-47(19-21-48)24-25-14-16-49(17-15-25)33-12-6-26(22-41-33)29-11-13-34(50)45-37(29)52/h2-10,12,22-23,25,29H,11,13-21,24H2,1H3,(H,40,51)(H,45,50,52)(H2,42,43,44,46). The summed E-state index contributed by atoms with van der Waals surface area (Å²) < 4.78 is 0. The second-order valence-electron chi connectivity index (χ2n) is 13.5. The number of nitrogens with zero attached hydrogens (tertiary/aromatic N) is 6. The third-order valence-corrected chi connectivity index (χ3v) is 10.4. The summed E-state index contributed by atoms with van der Waals surface area (Å²) in [5, 5.41) is 11.9. The van der Waals surface area contributed by atoms with Crippen molar-refractivity contribution < 1.29 is 14.4 Å². The van der Waals surface area contributed by atoms with Gasteiger partial charge >= 0.3 is 0 Å². The van der Waals surface area contributed by atoms with E-state index < -0.39 is 0 Å². The molecule has 3 amide bonds. The first kappa shape index (κ1) is 35.1. The Morgan fingerprint density at radius 3 is 2.35 bits per heavy atom. The second kappa shape index (κ2) is 16.0. The number of nitrogens with one attached hydrogen (secondary N) is 4. The van der Waals surface area contributed by atoms with Crippen LogP contribution < -0.4 is 31.1 Å². The molecule has 52 heavy (non-hydrogen) atoms. The topological polar surface area (TPSA) is 148 Å². The van der Waals surface area contributed by atoms with Crippen LogP contribution in [0.15, 0.2) is 73.1 Å². The van der Waals surface area contributed by atoms with E-state index in [4.69, 9.17) is 11.6 Å². The molecule has 13 nitrogen and oxygen atoms in total. The predicted molar refractivity (Wildman–Crippen MR) is 203 cm³/mol. The highest BCUT2D eigenvalue weighted by atomic mass is 35.5. The van der Waals surface area contributed by atoms with Gasteiger partial charge in [0.05, 0.1) is 23.4 Å². The first-order valence-corrected chi connectivity index (χ1v) is 18.2. The maximum Gasteiger partial charge on any atom is 0.253 e. The largest absolute Gasteiger partial charge is 0.369 e. The van der Waals surface area contributed by atoms with Crippen LogP contribution in [-0.2, 0) is 9.59 Å². The van der Waals surface area contributed by atoms with Crippen molar-refractivity contribution in [2.75, 3.05) is 73.3 Å². The Morgan fingerprint density at radius 2 is 1.63 bits per heavy atom. The lowest BCUT2D eigenvalue weighted by Crippen LogP contribution is -2.49. The average molecular weight is 723 g/mol. The number of benzene rings is 2. The number of aromatic nitrogens is 3. The summed E-state index contributed by atoms with van der Waals surface area (Å²) in [4.78, 5) is 57.0. The van der Waals surface area contributed by atoms with E-state index in [-0.39, 0.29) is 23.6 Å². The zero-order chi connectivity index (χ0) is 36.0. The molecule has 0 saturated carbocycles. The summed E-state index contributed by atoms with van der Waals surface area (Å²) in [5.41, 5.74) is 3.98. The van der Waals surface area contributed by atoms with Crippen LogP contribution in [0.25, 0.3) is 0 Å². The van der Waals surface area contributed by atoms with Gasteiger partial charge in [-0.3, -0.25) is 24.6 Å². The number of hydrogen-bond donors (Lipinski definition) is 4. The van der Waals surface area contributed by atoms with Gasteiger partial charge in [-0.25, -0.2) is 9.97 Å². The van der Waals surface area contributed by atoms with E-state index >= 15 is 0 Å². The van der Waals surface area contributed by atoms with Gasteiger partial charge in [-0.1, -0.05) is 29.8 Å². The Morgan fingerprint density at radius 1 is 0.865 bits per heavy atom. The van der Waals surface area contributed by atoms with Crippen LogP contribution in [0, 0.1) is 5.92 Å². The van der Waals surface area contributed by atoms with Gasteiger partial charge in [-0.2, -0.15) is 4.98 Å². The molecule has 0 spiro atoms. The molecule has 3 fully saturated rings. The predicted octanol–water partition coefficient (Wildman–Crippen LogP) is 4.93. The van der Waals surface area contributed by atoms with Gasteiger partial charge in [-0.15, -0.1) is 0 Å². The van der Waals surface area contributed by atoms with E-state index in [1.165, 1.54) is 11.9 Å².